The van der Waals surface area contributed by atoms with E-state index in [0.29, 0.717) is 6.42 Å². The molecule has 2 rings (SSSR count). The lowest BCUT2D eigenvalue weighted by molar-refractivity contribution is -0.136. The Kier molecular flexibility index (Phi) is 3.84. The maximum absolute atomic E-state index is 12.3. The highest BCUT2D eigenvalue weighted by molar-refractivity contribution is 5.96. The number of likely N-dealkylation sites (N-methyl/N-ethyl adjacent to an activating group) is 1. The van der Waals surface area contributed by atoms with Gasteiger partial charge in [0.15, 0.2) is 5.78 Å². The number of carbonyl (C=O) groups excluding carboxylic acids is 2. The third-order valence-electron chi connectivity index (χ3n) is 4.03. The maximum atomic E-state index is 12.3. The average Bonchev–Trinajstić information content (AvgIpc) is 2.44. The van der Waals surface area contributed by atoms with Crippen molar-refractivity contribution in [2.75, 3.05) is 25.0 Å². The second-order valence-corrected chi connectivity index (χ2v) is 5.76. The van der Waals surface area contributed by atoms with Crippen LogP contribution in [0.4, 0.5) is 5.69 Å². The Morgan fingerprint density at radius 3 is 2.35 bits per heavy atom. The van der Waals surface area contributed by atoms with E-state index in [9.17, 15) is 9.59 Å². The van der Waals surface area contributed by atoms with Crippen LogP contribution in [-0.2, 0) is 4.79 Å². The van der Waals surface area contributed by atoms with Crippen LogP contribution in [0.3, 0.4) is 0 Å². The summed E-state index contributed by atoms with van der Waals surface area (Å²) < 4.78 is 0. The number of carbonyl (C=O) groups is 2. The predicted octanol–water partition coefficient (Wildman–Crippen LogP) is 2.34. The number of anilines is 1. The third-order valence-corrected chi connectivity index (χ3v) is 4.03. The molecule has 1 amide bonds. The lowest BCUT2D eigenvalue weighted by Crippen LogP contribution is -2.62. The van der Waals surface area contributed by atoms with Gasteiger partial charge in [0, 0.05) is 37.8 Å². The van der Waals surface area contributed by atoms with Crippen molar-refractivity contribution in [3.05, 3.63) is 29.8 Å². The van der Waals surface area contributed by atoms with Crippen LogP contribution in [0.5, 0.6) is 0 Å². The minimum Gasteiger partial charge on any atom is -0.356 e. The first kappa shape index (κ1) is 14.6. The summed E-state index contributed by atoms with van der Waals surface area (Å²) in [5.41, 5.74) is 1.17. The Balaban J connectivity index is 2.27. The monoisotopic (exact) mass is 274 g/mol. The van der Waals surface area contributed by atoms with Crippen molar-refractivity contribution in [3.8, 4) is 0 Å². The van der Waals surface area contributed by atoms with Crippen LogP contribution in [-0.4, -0.2) is 42.3 Å². The fourth-order valence-corrected chi connectivity index (χ4v) is 2.70. The van der Waals surface area contributed by atoms with Gasteiger partial charge in [-0.2, -0.15) is 0 Å². The molecular formula is C16H22N2O2. The highest BCUT2D eigenvalue weighted by atomic mass is 16.2. The molecular weight excluding hydrogens is 252 g/mol. The zero-order chi connectivity index (χ0) is 14.9. The molecule has 0 N–H and O–H groups in total. The second kappa shape index (κ2) is 5.27. The molecule has 1 fully saturated rings. The van der Waals surface area contributed by atoms with Gasteiger partial charge in [-0.25, -0.2) is 0 Å². The summed E-state index contributed by atoms with van der Waals surface area (Å²) in [7, 11) is 1.84. The number of hydrogen-bond acceptors (Lipinski definition) is 3. The molecule has 0 bridgehead atoms. The second-order valence-electron chi connectivity index (χ2n) is 5.76. The Bertz CT molecular complexity index is 520. The largest absolute Gasteiger partial charge is 0.356 e. The highest BCUT2D eigenvalue weighted by Crippen LogP contribution is 2.28. The average molecular weight is 274 g/mol. The first-order valence-electron chi connectivity index (χ1n) is 7.04. The van der Waals surface area contributed by atoms with Crippen molar-refractivity contribution < 1.29 is 9.59 Å². The molecule has 0 saturated carbocycles. The predicted molar refractivity (Wildman–Crippen MR) is 80.1 cm³/mol. The SMILES string of the molecule is CCC(=O)c1ccc(N2CCN(C)C(=O)C2(C)C)cc1. The summed E-state index contributed by atoms with van der Waals surface area (Å²) in [5, 5.41) is 0. The van der Waals surface area contributed by atoms with Crippen LogP contribution in [0.1, 0.15) is 37.6 Å². The molecule has 1 heterocycles. The van der Waals surface area contributed by atoms with Gasteiger partial charge in [-0.15, -0.1) is 0 Å². The van der Waals surface area contributed by atoms with Gasteiger partial charge in [-0.1, -0.05) is 6.92 Å². The maximum Gasteiger partial charge on any atom is 0.247 e. The zero-order valence-electron chi connectivity index (χ0n) is 12.6. The molecule has 0 atom stereocenters. The molecule has 108 valence electrons. The quantitative estimate of drug-likeness (QED) is 0.794. The molecule has 0 aliphatic carbocycles. The topological polar surface area (TPSA) is 40.6 Å². The van der Waals surface area contributed by atoms with Crippen LogP contribution in [0.2, 0.25) is 0 Å². The smallest absolute Gasteiger partial charge is 0.247 e. The van der Waals surface area contributed by atoms with Crippen molar-refractivity contribution in [2.45, 2.75) is 32.7 Å². The molecule has 0 unspecified atom stereocenters. The molecule has 1 aliphatic rings. The molecule has 4 nitrogen and oxygen atoms in total. The van der Waals surface area contributed by atoms with E-state index in [2.05, 4.69) is 4.90 Å². The van der Waals surface area contributed by atoms with Gasteiger partial charge in [-0.3, -0.25) is 9.59 Å². The van der Waals surface area contributed by atoms with Crippen molar-refractivity contribution in [3.63, 3.8) is 0 Å². The standard InChI is InChI=1S/C16H22N2O2/c1-5-14(19)12-6-8-13(9-7-12)18-11-10-17(4)15(20)16(18,2)3/h6-9H,5,10-11H2,1-4H3. The van der Waals surface area contributed by atoms with E-state index in [4.69, 9.17) is 0 Å². The Morgan fingerprint density at radius 2 is 1.80 bits per heavy atom. The third kappa shape index (κ3) is 2.42. The van der Waals surface area contributed by atoms with E-state index in [1.165, 1.54) is 0 Å². The van der Waals surface area contributed by atoms with Crippen molar-refractivity contribution in [1.29, 1.82) is 0 Å². The molecule has 1 aliphatic heterocycles. The van der Waals surface area contributed by atoms with Gasteiger partial charge >= 0.3 is 0 Å². The van der Waals surface area contributed by atoms with E-state index in [-0.39, 0.29) is 11.7 Å². The molecule has 0 radical (unpaired) electrons. The molecule has 1 aromatic carbocycles. The molecule has 0 aromatic heterocycles. The number of nitrogens with zero attached hydrogens (tertiary/aromatic N) is 2. The van der Waals surface area contributed by atoms with Crippen LogP contribution >= 0.6 is 0 Å². The number of piperazine rings is 1. The van der Waals surface area contributed by atoms with Gasteiger partial charge in [0.2, 0.25) is 5.91 Å². The van der Waals surface area contributed by atoms with Gasteiger partial charge < -0.3 is 9.80 Å². The normalized spacial score (nSPS) is 18.3. The minimum atomic E-state index is -0.552. The van der Waals surface area contributed by atoms with E-state index in [0.717, 1.165) is 24.3 Å². The van der Waals surface area contributed by atoms with E-state index >= 15 is 0 Å². The fourth-order valence-electron chi connectivity index (χ4n) is 2.70. The van der Waals surface area contributed by atoms with Gasteiger partial charge in [0.05, 0.1) is 0 Å². The van der Waals surface area contributed by atoms with Crippen molar-refractivity contribution >= 4 is 17.4 Å². The number of benzene rings is 1. The highest BCUT2D eigenvalue weighted by Gasteiger charge is 2.40. The van der Waals surface area contributed by atoms with Crippen molar-refractivity contribution in [2.24, 2.45) is 0 Å². The van der Waals surface area contributed by atoms with E-state index < -0.39 is 5.54 Å². The first-order chi connectivity index (χ1) is 9.37. The summed E-state index contributed by atoms with van der Waals surface area (Å²) in [6.45, 7) is 7.26. The minimum absolute atomic E-state index is 0.123. The summed E-state index contributed by atoms with van der Waals surface area (Å²) >= 11 is 0. The zero-order valence-corrected chi connectivity index (χ0v) is 12.6. The molecule has 1 saturated heterocycles. The Labute approximate surface area is 120 Å². The summed E-state index contributed by atoms with van der Waals surface area (Å²) in [5.74, 6) is 0.266. The molecule has 0 spiro atoms. The number of amides is 1. The number of hydrogen-bond donors (Lipinski definition) is 0. The van der Waals surface area contributed by atoms with Gasteiger partial charge in [0.25, 0.3) is 0 Å². The van der Waals surface area contributed by atoms with E-state index in [1.807, 2.05) is 52.1 Å². The molecule has 1 aromatic rings. The van der Waals surface area contributed by atoms with Gasteiger partial charge in [-0.05, 0) is 38.1 Å². The summed E-state index contributed by atoms with van der Waals surface area (Å²) in [6, 6.07) is 7.56. The first-order valence-corrected chi connectivity index (χ1v) is 7.04. The molecule has 20 heavy (non-hydrogen) atoms. The lowest BCUT2D eigenvalue weighted by Gasteiger charge is -2.46. The fraction of sp³-hybridized carbons (Fsp3) is 0.500. The van der Waals surface area contributed by atoms with Crippen LogP contribution < -0.4 is 4.90 Å². The summed E-state index contributed by atoms with van der Waals surface area (Å²) in [4.78, 5) is 27.8. The van der Waals surface area contributed by atoms with Gasteiger partial charge in [0.1, 0.15) is 5.54 Å². The number of rotatable bonds is 3. The Hall–Kier alpha value is -1.84. The number of ketones is 1. The van der Waals surface area contributed by atoms with Crippen LogP contribution in [0, 0.1) is 0 Å². The van der Waals surface area contributed by atoms with E-state index in [1.54, 1.807) is 4.90 Å². The summed E-state index contributed by atoms with van der Waals surface area (Å²) in [6.07, 6.45) is 0.512. The van der Waals surface area contributed by atoms with Crippen molar-refractivity contribution in [1.82, 2.24) is 4.90 Å². The number of Topliss-reactive ketones (excluding diaryl/α,β-unsaturated/α-hetero) is 1. The van der Waals surface area contributed by atoms with Crippen LogP contribution in [0.25, 0.3) is 0 Å². The van der Waals surface area contributed by atoms with Crippen LogP contribution in [0.15, 0.2) is 24.3 Å². The Morgan fingerprint density at radius 1 is 1.20 bits per heavy atom. The lowest BCUT2D eigenvalue weighted by atomic mass is 9.96. The molecule has 4 heteroatoms.